The molecule has 0 aromatic carbocycles. The van der Waals surface area contributed by atoms with E-state index in [0.717, 1.165) is 0 Å². The average Bonchev–Trinajstić information content (AvgIpc) is 2.28. The predicted octanol–water partition coefficient (Wildman–Crippen LogP) is 2.38. The highest BCUT2D eigenvalue weighted by atomic mass is 35.5. The number of hydrogen-bond donors (Lipinski definition) is 1. The van der Waals surface area contributed by atoms with Crippen molar-refractivity contribution in [3.63, 3.8) is 0 Å². The first kappa shape index (κ1) is 13.6. The molecule has 0 radical (unpaired) electrons. The topological polar surface area (TPSA) is 53.4 Å². The van der Waals surface area contributed by atoms with Gasteiger partial charge in [0.1, 0.15) is 10.3 Å². The van der Waals surface area contributed by atoms with Crippen molar-refractivity contribution in [2.75, 3.05) is 13.1 Å². The van der Waals surface area contributed by atoms with Crippen molar-refractivity contribution in [3.8, 4) is 0 Å². The van der Waals surface area contributed by atoms with Crippen LogP contribution in [-0.2, 0) is 0 Å². The molecule has 1 saturated heterocycles. The summed E-state index contributed by atoms with van der Waals surface area (Å²) in [6, 6.07) is 3.12. The van der Waals surface area contributed by atoms with Gasteiger partial charge in [-0.2, -0.15) is 0 Å². The number of likely N-dealkylation sites (tertiary alicyclic amines) is 1. The zero-order valence-electron chi connectivity index (χ0n) is 9.99. The van der Waals surface area contributed by atoms with E-state index >= 15 is 0 Å². The van der Waals surface area contributed by atoms with Crippen LogP contribution in [0.3, 0.4) is 0 Å². The van der Waals surface area contributed by atoms with Crippen LogP contribution < -0.4 is 0 Å². The average molecular weight is 289 g/mol. The number of halogens is 2. The van der Waals surface area contributed by atoms with Crippen LogP contribution in [0.2, 0.25) is 10.3 Å². The van der Waals surface area contributed by atoms with Gasteiger partial charge in [0.15, 0.2) is 0 Å². The second kappa shape index (κ2) is 5.03. The highest BCUT2D eigenvalue weighted by molar-refractivity contribution is 6.34. The Balaban J connectivity index is 2.13. The molecule has 1 aliphatic rings. The lowest BCUT2D eigenvalue weighted by atomic mass is 9.93. The summed E-state index contributed by atoms with van der Waals surface area (Å²) in [6.07, 6.45) is 1.13. The van der Waals surface area contributed by atoms with E-state index in [9.17, 15) is 9.90 Å². The van der Waals surface area contributed by atoms with Crippen molar-refractivity contribution in [1.82, 2.24) is 9.88 Å². The Kier molecular flexibility index (Phi) is 3.80. The number of piperidine rings is 1. The largest absolute Gasteiger partial charge is 0.390 e. The van der Waals surface area contributed by atoms with Crippen LogP contribution in [-0.4, -0.2) is 39.6 Å². The molecule has 1 aliphatic heterocycles. The van der Waals surface area contributed by atoms with Gasteiger partial charge >= 0.3 is 0 Å². The minimum absolute atomic E-state index is 0.116. The lowest BCUT2D eigenvalue weighted by molar-refractivity contribution is -0.00202. The van der Waals surface area contributed by atoms with Crippen LogP contribution in [0, 0.1) is 0 Å². The molecule has 1 fully saturated rings. The quantitative estimate of drug-likeness (QED) is 0.808. The molecule has 6 heteroatoms. The van der Waals surface area contributed by atoms with Crippen molar-refractivity contribution in [2.24, 2.45) is 0 Å². The van der Waals surface area contributed by atoms with E-state index in [1.807, 2.05) is 0 Å². The number of pyridine rings is 1. The summed E-state index contributed by atoms with van der Waals surface area (Å²) >= 11 is 11.6. The summed E-state index contributed by atoms with van der Waals surface area (Å²) in [4.78, 5) is 17.7. The SMILES string of the molecule is CC1(O)CCN(C(=O)c2ccc(Cl)nc2Cl)CC1. The van der Waals surface area contributed by atoms with Gasteiger partial charge in [0, 0.05) is 13.1 Å². The molecule has 0 aliphatic carbocycles. The monoisotopic (exact) mass is 288 g/mol. The molecule has 98 valence electrons. The van der Waals surface area contributed by atoms with Gasteiger partial charge in [-0.25, -0.2) is 4.98 Å². The van der Waals surface area contributed by atoms with Gasteiger partial charge in [-0.1, -0.05) is 23.2 Å². The maximum absolute atomic E-state index is 12.2. The van der Waals surface area contributed by atoms with Crippen LogP contribution in [0.5, 0.6) is 0 Å². The molecule has 18 heavy (non-hydrogen) atoms. The summed E-state index contributed by atoms with van der Waals surface area (Å²) in [5.41, 5.74) is -0.332. The molecular weight excluding hydrogens is 275 g/mol. The Morgan fingerprint density at radius 1 is 1.39 bits per heavy atom. The number of hydrogen-bond acceptors (Lipinski definition) is 3. The zero-order valence-corrected chi connectivity index (χ0v) is 11.5. The number of aromatic nitrogens is 1. The Bertz CT molecular complexity index is 467. The molecule has 0 bridgehead atoms. The van der Waals surface area contributed by atoms with Crippen molar-refractivity contribution in [1.29, 1.82) is 0 Å². The van der Waals surface area contributed by atoms with E-state index in [-0.39, 0.29) is 16.2 Å². The molecule has 2 rings (SSSR count). The third-order valence-corrected chi connectivity index (χ3v) is 3.67. The molecule has 1 amide bonds. The van der Waals surface area contributed by atoms with Crippen LogP contribution in [0.15, 0.2) is 12.1 Å². The van der Waals surface area contributed by atoms with E-state index in [0.29, 0.717) is 31.5 Å². The van der Waals surface area contributed by atoms with E-state index < -0.39 is 5.60 Å². The van der Waals surface area contributed by atoms with Gasteiger partial charge in [0.2, 0.25) is 0 Å². The normalized spacial score (nSPS) is 18.8. The first-order chi connectivity index (χ1) is 8.39. The highest BCUT2D eigenvalue weighted by Crippen LogP contribution is 2.24. The van der Waals surface area contributed by atoms with Crippen LogP contribution in [0.25, 0.3) is 0 Å². The lowest BCUT2D eigenvalue weighted by Crippen LogP contribution is -2.45. The fourth-order valence-electron chi connectivity index (χ4n) is 1.93. The van der Waals surface area contributed by atoms with E-state index in [4.69, 9.17) is 23.2 Å². The van der Waals surface area contributed by atoms with Crippen molar-refractivity contribution in [2.45, 2.75) is 25.4 Å². The Morgan fingerprint density at radius 2 is 2.00 bits per heavy atom. The number of nitrogens with zero attached hydrogens (tertiary/aromatic N) is 2. The Morgan fingerprint density at radius 3 is 2.56 bits per heavy atom. The maximum Gasteiger partial charge on any atom is 0.256 e. The number of rotatable bonds is 1. The van der Waals surface area contributed by atoms with Gasteiger partial charge in [-0.15, -0.1) is 0 Å². The number of aliphatic hydroxyl groups is 1. The predicted molar refractivity (Wildman–Crippen MR) is 70.0 cm³/mol. The van der Waals surface area contributed by atoms with Crippen LogP contribution in [0.4, 0.5) is 0 Å². The van der Waals surface area contributed by atoms with Crippen LogP contribution >= 0.6 is 23.2 Å². The highest BCUT2D eigenvalue weighted by Gasteiger charge is 2.30. The van der Waals surface area contributed by atoms with Gasteiger partial charge in [-0.3, -0.25) is 4.79 Å². The number of carbonyl (C=O) groups excluding carboxylic acids is 1. The minimum atomic E-state index is -0.682. The zero-order chi connectivity index (χ0) is 13.3. The fraction of sp³-hybridized carbons (Fsp3) is 0.500. The Labute approximate surface area is 116 Å². The van der Waals surface area contributed by atoms with E-state index in [2.05, 4.69) is 4.98 Å². The summed E-state index contributed by atoms with van der Waals surface area (Å²) < 4.78 is 0. The summed E-state index contributed by atoms with van der Waals surface area (Å²) in [6.45, 7) is 2.82. The molecule has 4 nitrogen and oxygen atoms in total. The molecule has 0 saturated carbocycles. The second-order valence-corrected chi connectivity index (χ2v) is 5.51. The first-order valence-corrected chi connectivity index (χ1v) is 6.48. The van der Waals surface area contributed by atoms with Gasteiger partial charge < -0.3 is 10.0 Å². The third-order valence-electron chi connectivity index (χ3n) is 3.17. The van der Waals surface area contributed by atoms with E-state index in [1.165, 1.54) is 0 Å². The first-order valence-electron chi connectivity index (χ1n) is 5.73. The standard InChI is InChI=1S/C12H14Cl2N2O2/c1-12(18)4-6-16(7-5-12)11(17)8-2-3-9(13)15-10(8)14/h2-3,18H,4-7H2,1H3. The van der Waals surface area contributed by atoms with Crippen molar-refractivity contribution in [3.05, 3.63) is 28.0 Å². The van der Waals surface area contributed by atoms with Gasteiger partial charge in [0.25, 0.3) is 5.91 Å². The van der Waals surface area contributed by atoms with Gasteiger partial charge in [-0.05, 0) is 31.9 Å². The maximum atomic E-state index is 12.2. The lowest BCUT2D eigenvalue weighted by Gasteiger charge is -2.35. The molecule has 1 N–H and O–H groups in total. The van der Waals surface area contributed by atoms with Gasteiger partial charge in [0.05, 0.1) is 11.2 Å². The second-order valence-electron chi connectivity index (χ2n) is 4.76. The molecule has 1 aromatic rings. The summed E-state index contributed by atoms with van der Waals surface area (Å²) in [7, 11) is 0. The third kappa shape index (κ3) is 2.94. The molecule has 0 atom stereocenters. The van der Waals surface area contributed by atoms with Crippen molar-refractivity contribution >= 4 is 29.1 Å². The minimum Gasteiger partial charge on any atom is -0.390 e. The van der Waals surface area contributed by atoms with E-state index in [1.54, 1.807) is 24.0 Å². The summed E-state index contributed by atoms with van der Waals surface area (Å²) in [5.74, 6) is -0.167. The Hall–Kier alpha value is -0.840. The molecule has 0 unspecified atom stereocenters. The fourth-order valence-corrected chi connectivity index (χ4v) is 2.36. The molecule has 2 heterocycles. The molecule has 1 aromatic heterocycles. The van der Waals surface area contributed by atoms with Crippen LogP contribution in [0.1, 0.15) is 30.1 Å². The number of amides is 1. The van der Waals surface area contributed by atoms with Crippen molar-refractivity contribution < 1.29 is 9.90 Å². The number of carbonyl (C=O) groups is 1. The summed E-state index contributed by atoms with van der Waals surface area (Å²) in [5, 5.41) is 10.2. The smallest absolute Gasteiger partial charge is 0.256 e. The molecular formula is C12H14Cl2N2O2. The molecule has 0 spiro atoms.